The number of aromatic amines is 1. The van der Waals surface area contributed by atoms with Gasteiger partial charge in [-0.05, 0) is 13.8 Å². The number of halogens is 4. The summed E-state index contributed by atoms with van der Waals surface area (Å²) in [6.45, 7) is 3.34. The zero-order chi connectivity index (χ0) is 23.8. The second-order valence-corrected chi connectivity index (χ2v) is 7.41. The smallest absolute Gasteiger partial charge is 0.441 e. The van der Waals surface area contributed by atoms with E-state index in [2.05, 4.69) is 35.7 Å². The summed E-state index contributed by atoms with van der Waals surface area (Å²) in [6, 6.07) is 2.33. The molecule has 1 aliphatic rings. The van der Waals surface area contributed by atoms with Crippen LogP contribution in [0.2, 0.25) is 0 Å². The number of alkyl halides is 4. The first-order chi connectivity index (χ1) is 15.6. The van der Waals surface area contributed by atoms with E-state index in [1.165, 1.54) is 18.5 Å². The number of amides is 1. The lowest BCUT2D eigenvalue weighted by Crippen LogP contribution is -2.36. The Morgan fingerprint density at radius 2 is 2.15 bits per heavy atom. The Hall–Kier alpha value is -3.62. The highest BCUT2D eigenvalue weighted by Crippen LogP contribution is 2.34. The normalized spacial score (nSPS) is 20.9. The molecule has 0 aromatic carbocycles. The van der Waals surface area contributed by atoms with Gasteiger partial charge in [-0.2, -0.15) is 5.10 Å². The molecule has 1 fully saturated rings. The molecule has 15 heteroatoms. The van der Waals surface area contributed by atoms with E-state index in [0.717, 1.165) is 10.6 Å². The van der Waals surface area contributed by atoms with Crippen LogP contribution >= 0.6 is 0 Å². The number of ether oxygens (including phenoxy) is 3. The number of alkyl carbamates (subject to hydrolysis) is 1. The summed E-state index contributed by atoms with van der Waals surface area (Å²) >= 11 is 0. The molecule has 3 aromatic heterocycles. The van der Waals surface area contributed by atoms with Crippen molar-refractivity contribution < 1.29 is 36.6 Å². The van der Waals surface area contributed by atoms with Crippen molar-refractivity contribution in [2.75, 3.05) is 11.9 Å². The van der Waals surface area contributed by atoms with Crippen LogP contribution in [0.25, 0.3) is 5.52 Å². The zero-order valence-corrected chi connectivity index (χ0v) is 17.3. The molecule has 3 aromatic rings. The van der Waals surface area contributed by atoms with Gasteiger partial charge in [-0.3, -0.25) is 5.10 Å². The first kappa shape index (κ1) is 22.6. The van der Waals surface area contributed by atoms with Crippen LogP contribution in [0.1, 0.15) is 25.6 Å². The van der Waals surface area contributed by atoms with Crippen molar-refractivity contribution in [3.63, 3.8) is 0 Å². The molecule has 4 rings (SSSR count). The third-order valence-electron chi connectivity index (χ3n) is 4.49. The first-order valence-electron chi connectivity index (χ1n) is 9.74. The molecule has 11 nitrogen and oxygen atoms in total. The summed E-state index contributed by atoms with van der Waals surface area (Å²) in [6.07, 6.45) is -6.78. The van der Waals surface area contributed by atoms with E-state index in [0.29, 0.717) is 0 Å². The molecule has 3 atom stereocenters. The van der Waals surface area contributed by atoms with Crippen molar-refractivity contribution in [3.8, 4) is 5.88 Å². The average Bonchev–Trinajstić information content (AvgIpc) is 3.40. The maximum absolute atomic E-state index is 14.8. The van der Waals surface area contributed by atoms with Crippen molar-refractivity contribution in [1.82, 2.24) is 30.1 Å². The number of carbonyl (C=O) groups excluding carboxylic acids is 1. The maximum Gasteiger partial charge on any atom is 0.574 e. The lowest BCUT2D eigenvalue weighted by molar-refractivity contribution is -0.276. The quantitative estimate of drug-likeness (QED) is 0.467. The Labute approximate surface area is 183 Å². The van der Waals surface area contributed by atoms with Crippen LogP contribution in [0.3, 0.4) is 0 Å². The molecule has 0 unspecified atom stereocenters. The lowest BCUT2D eigenvalue weighted by atomic mass is 10.1. The molecule has 1 amide bonds. The Morgan fingerprint density at radius 1 is 1.36 bits per heavy atom. The summed E-state index contributed by atoms with van der Waals surface area (Å²) in [4.78, 5) is 15.8. The molecule has 1 aliphatic heterocycles. The van der Waals surface area contributed by atoms with Crippen molar-refractivity contribution in [2.45, 2.75) is 44.6 Å². The predicted molar refractivity (Wildman–Crippen MR) is 104 cm³/mol. The molecule has 1 saturated heterocycles. The highest BCUT2D eigenvalue weighted by atomic mass is 19.4. The molecule has 0 spiro atoms. The molecule has 0 aliphatic carbocycles. The fourth-order valence-corrected chi connectivity index (χ4v) is 3.18. The van der Waals surface area contributed by atoms with Gasteiger partial charge in [0.2, 0.25) is 5.88 Å². The number of aromatic nitrogens is 5. The van der Waals surface area contributed by atoms with Gasteiger partial charge in [0.1, 0.15) is 11.6 Å². The number of fused-ring (bicyclic) bond motifs is 1. The standard InChI is InChI=1S/C18H19F4N7O4/c1-8(2)24-17(30)32-11-7-31-15(14(11)19)9-5-12(27-26-9)25-16-10-6-13(33-18(20,21)22)28-29(10)4-3-23-16/h3-6,8,11,14-15H,7H2,1-2H3,(H,24,30)(H2,23,25,26,27)/t11-,14+,15-/m1/s1. The van der Waals surface area contributed by atoms with Crippen LogP contribution in [0.15, 0.2) is 24.5 Å². The summed E-state index contributed by atoms with van der Waals surface area (Å²) in [5, 5.41) is 15.6. The van der Waals surface area contributed by atoms with Gasteiger partial charge < -0.3 is 24.8 Å². The molecule has 178 valence electrons. The van der Waals surface area contributed by atoms with Crippen molar-refractivity contribution in [1.29, 1.82) is 0 Å². The molecule has 33 heavy (non-hydrogen) atoms. The van der Waals surface area contributed by atoms with Gasteiger partial charge in [0, 0.05) is 30.6 Å². The van der Waals surface area contributed by atoms with Gasteiger partial charge in [-0.1, -0.05) is 0 Å². The number of nitrogens with one attached hydrogen (secondary N) is 3. The van der Waals surface area contributed by atoms with E-state index >= 15 is 0 Å². The number of H-pyrrole nitrogens is 1. The number of anilines is 2. The first-order valence-corrected chi connectivity index (χ1v) is 9.74. The second-order valence-electron chi connectivity index (χ2n) is 7.41. The van der Waals surface area contributed by atoms with Crippen molar-refractivity contribution >= 4 is 23.2 Å². The van der Waals surface area contributed by atoms with Gasteiger partial charge in [0.05, 0.1) is 12.3 Å². The van der Waals surface area contributed by atoms with Gasteiger partial charge in [0.25, 0.3) is 0 Å². The molecule has 0 radical (unpaired) electrons. The number of rotatable bonds is 6. The number of hydrogen-bond donors (Lipinski definition) is 3. The lowest BCUT2D eigenvalue weighted by Gasteiger charge is -2.16. The molecule has 4 heterocycles. The highest BCUT2D eigenvalue weighted by molar-refractivity contribution is 5.72. The molecular formula is C18H19F4N7O4. The van der Waals surface area contributed by atoms with E-state index in [1.54, 1.807) is 13.8 Å². The minimum atomic E-state index is -4.89. The van der Waals surface area contributed by atoms with Crippen LogP contribution in [0.4, 0.5) is 34.0 Å². The van der Waals surface area contributed by atoms with E-state index in [1.807, 2.05) is 0 Å². The Balaban J connectivity index is 1.45. The second kappa shape index (κ2) is 8.73. The van der Waals surface area contributed by atoms with E-state index in [9.17, 15) is 22.4 Å². The number of nitrogens with zero attached hydrogens (tertiary/aromatic N) is 4. The monoisotopic (exact) mass is 473 g/mol. The highest BCUT2D eigenvalue weighted by Gasteiger charge is 2.42. The van der Waals surface area contributed by atoms with Crippen LogP contribution in [-0.4, -0.2) is 62.2 Å². The Bertz CT molecular complexity index is 1130. The van der Waals surface area contributed by atoms with Crippen molar-refractivity contribution in [3.05, 3.63) is 30.2 Å². The van der Waals surface area contributed by atoms with E-state index in [4.69, 9.17) is 9.47 Å². The fourth-order valence-electron chi connectivity index (χ4n) is 3.18. The third-order valence-corrected chi connectivity index (χ3v) is 4.49. The summed E-state index contributed by atoms with van der Waals surface area (Å²) in [7, 11) is 0. The Morgan fingerprint density at radius 3 is 2.88 bits per heavy atom. The SMILES string of the molecule is CC(C)NC(=O)O[C@@H]1CO[C@H](c2cc(Nc3nccn4nc(OC(F)(F)F)cc34)n[nH]2)[C@H]1F. The van der Waals surface area contributed by atoms with E-state index in [-0.39, 0.29) is 35.5 Å². The number of carbonyl (C=O) groups is 1. The molecular weight excluding hydrogens is 454 g/mol. The van der Waals surface area contributed by atoms with Gasteiger partial charge >= 0.3 is 12.5 Å². The summed E-state index contributed by atoms with van der Waals surface area (Å²) in [5.41, 5.74) is 0.452. The summed E-state index contributed by atoms with van der Waals surface area (Å²) < 4.78 is 67.6. The van der Waals surface area contributed by atoms with Gasteiger partial charge in [0.15, 0.2) is 23.9 Å². The zero-order valence-electron chi connectivity index (χ0n) is 17.3. The maximum atomic E-state index is 14.8. The predicted octanol–water partition coefficient (Wildman–Crippen LogP) is 3.01. The minimum Gasteiger partial charge on any atom is -0.441 e. The largest absolute Gasteiger partial charge is 0.574 e. The van der Waals surface area contributed by atoms with Crippen LogP contribution in [0, 0.1) is 0 Å². The van der Waals surface area contributed by atoms with E-state index < -0.39 is 36.7 Å². The molecule has 0 saturated carbocycles. The third kappa shape index (κ3) is 5.24. The summed E-state index contributed by atoms with van der Waals surface area (Å²) in [5.74, 6) is -0.327. The van der Waals surface area contributed by atoms with Crippen LogP contribution in [0.5, 0.6) is 5.88 Å². The Kier molecular flexibility index (Phi) is 5.97. The van der Waals surface area contributed by atoms with Crippen LogP contribution in [-0.2, 0) is 9.47 Å². The fraction of sp³-hybridized carbons (Fsp3) is 0.444. The average molecular weight is 473 g/mol. The number of hydrogen-bond acceptors (Lipinski definition) is 8. The minimum absolute atomic E-state index is 0.135. The van der Waals surface area contributed by atoms with Gasteiger partial charge in [-0.15, -0.1) is 18.3 Å². The molecule has 3 N–H and O–H groups in total. The topological polar surface area (TPSA) is 128 Å². The van der Waals surface area contributed by atoms with Crippen molar-refractivity contribution in [2.24, 2.45) is 0 Å². The van der Waals surface area contributed by atoms with Crippen LogP contribution < -0.4 is 15.4 Å². The molecule has 0 bridgehead atoms. The van der Waals surface area contributed by atoms with Gasteiger partial charge in [-0.25, -0.2) is 18.7 Å².